The minimum atomic E-state index is -3.49. The number of sulfonamides is 1. The van der Waals surface area contributed by atoms with E-state index in [1.54, 1.807) is 4.90 Å². The van der Waals surface area contributed by atoms with E-state index in [9.17, 15) is 13.2 Å². The first-order valence-corrected chi connectivity index (χ1v) is 14.8. The minimum Gasteiger partial charge on any atom is -0.354 e. The van der Waals surface area contributed by atoms with Gasteiger partial charge in [0.2, 0.25) is 15.9 Å². The molecule has 1 aliphatic carbocycles. The number of carbonyl (C=O) groups excluding carboxylic acids is 1. The van der Waals surface area contributed by atoms with E-state index in [0.717, 1.165) is 78.7 Å². The van der Waals surface area contributed by atoms with Crippen molar-refractivity contribution in [2.75, 3.05) is 54.0 Å². The average Bonchev–Trinajstić information content (AvgIpc) is 3.49. The first-order valence-electron chi connectivity index (χ1n) is 12.9. The Morgan fingerprint density at radius 3 is 2.49 bits per heavy atom. The summed E-state index contributed by atoms with van der Waals surface area (Å²) >= 11 is 0. The van der Waals surface area contributed by atoms with Gasteiger partial charge in [0.15, 0.2) is 5.82 Å². The number of hydrogen-bond acceptors (Lipinski definition) is 7. The summed E-state index contributed by atoms with van der Waals surface area (Å²) in [5.41, 5.74) is 4.60. The highest BCUT2D eigenvalue weighted by atomic mass is 32.2. The van der Waals surface area contributed by atoms with Gasteiger partial charge in [-0.1, -0.05) is 12.5 Å². The van der Waals surface area contributed by atoms with Gasteiger partial charge in [-0.15, -0.1) is 0 Å². The van der Waals surface area contributed by atoms with Crippen LogP contribution in [-0.4, -0.2) is 63.8 Å². The molecule has 2 N–H and O–H groups in total. The average molecular weight is 519 g/mol. The summed E-state index contributed by atoms with van der Waals surface area (Å²) in [6.07, 6.45) is 7.57. The molecule has 2 atom stereocenters. The molecule has 4 aliphatic rings. The number of fused-ring (bicyclic) bond motifs is 5. The van der Waals surface area contributed by atoms with Gasteiger partial charge in [-0.05, 0) is 48.4 Å². The third-order valence-corrected chi connectivity index (χ3v) is 9.38. The van der Waals surface area contributed by atoms with Crippen LogP contribution in [0.3, 0.4) is 0 Å². The second-order valence-electron chi connectivity index (χ2n) is 11.1. The van der Waals surface area contributed by atoms with Crippen molar-refractivity contribution in [1.82, 2.24) is 15.3 Å². The molecule has 7 rings (SSSR count). The Labute approximate surface area is 216 Å². The Hall–Kier alpha value is -3.24. The molecular weight excluding hydrogens is 488 g/mol. The summed E-state index contributed by atoms with van der Waals surface area (Å²) in [5, 5.41) is 4.42. The quantitative estimate of drug-likeness (QED) is 0.547. The standard InChI is InChI=1S/C27H30N6O3S/c1-32-23-13-29-21-5-4-16(8-20(21)24(23)27(26(32)34)6-3-7-27)17-9-22(31-37(2,35)36)25(30-12-17)33-14-18-10-28-11-19(18)15-33/h4-5,8-9,12-13,18-19,28,31H,3,6-7,10-11,14-15H2,1-2H3. The van der Waals surface area contributed by atoms with Crippen LogP contribution in [0.1, 0.15) is 24.8 Å². The normalized spacial score (nSPS) is 24.0. The third-order valence-electron chi connectivity index (χ3n) is 8.79. The van der Waals surface area contributed by atoms with E-state index in [2.05, 4.69) is 26.0 Å². The van der Waals surface area contributed by atoms with Crippen molar-refractivity contribution >= 4 is 44.0 Å². The van der Waals surface area contributed by atoms with E-state index in [4.69, 9.17) is 4.98 Å². The topological polar surface area (TPSA) is 108 Å². The van der Waals surface area contributed by atoms with Crippen molar-refractivity contribution in [2.24, 2.45) is 11.8 Å². The lowest BCUT2D eigenvalue weighted by atomic mass is 9.64. The molecule has 5 heterocycles. The van der Waals surface area contributed by atoms with E-state index in [-0.39, 0.29) is 5.91 Å². The number of carbonyl (C=O) groups is 1. The fourth-order valence-corrected chi connectivity index (χ4v) is 7.37. The van der Waals surface area contributed by atoms with Gasteiger partial charge in [0, 0.05) is 55.9 Å². The Bertz CT molecular complexity index is 1560. The molecule has 3 aliphatic heterocycles. The molecule has 192 valence electrons. The SMILES string of the molecule is CN1C(=O)C2(CCC2)c2c1cnc1ccc(-c3cnc(N4CC5CNCC5C4)c(NS(C)(=O)=O)c3)cc21. The highest BCUT2D eigenvalue weighted by molar-refractivity contribution is 7.92. The molecule has 37 heavy (non-hydrogen) atoms. The zero-order chi connectivity index (χ0) is 25.5. The molecule has 1 spiro atoms. The maximum absolute atomic E-state index is 13.2. The molecule has 2 aromatic heterocycles. The highest BCUT2D eigenvalue weighted by Gasteiger charge is 2.54. The van der Waals surface area contributed by atoms with Crippen molar-refractivity contribution in [3.63, 3.8) is 0 Å². The lowest BCUT2D eigenvalue weighted by molar-refractivity contribution is -0.125. The number of pyridine rings is 2. The monoisotopic (exact) mass is 518 g/mol. The van der Waals surface area contributed by atoms with Gasteiger partial charge in [-0.25, -0.2) is 13.4 Å². The van der Waals surface area contributed by atoms with Crippen molar-refractivity contribution in [2.45, 2.75) is 24.7 Å². The summed E-state index contributed by atoms with van der Waals surface area (Å²) in [7, 11) is -1.66. The minimum absolute atomic E-state index is 0.157. The number of nitrogens with zero attached hydrogens (tertiary/aromatic N) is 4. The number of rotatable bonds is 4. The van der Waals surface area contributed by atoms with E-state index in [1.807, 2.05) is 37.6 Å². The molecule has 1 saturated carbocycles. The summed E-state index contributed by atoms with van der Waals surface area (Å²) in [5.74, 6) is 1.95. The number of nitrogens with one attached hydrogen (secondary N) is 2. The van der Waals surface area contributed by atoms with Crippen LogP contribution in [0.15, 0.2) is 36.7 Å². The molecule has 2 unspecified atom stereocenters. The molecule has 2 saturated heterocycles. The Balaban J connectivity index is 1.33. The number of benzene rings is 1. The number of hydrogen-bond donors (Lipinski definition) is 2. The Morgan fingerprint density at radius 2 is 1.81 bits per heavy atom. The van der Waals surface area contributed by atoms with Crippen LogP contribution in [0, 0.1) is 11.8 Å². The van der Waals surface area contributed by atoms with E-state index in [1.165, 1.54) is 6.26 Å². The summed E-state index contributed by atoms with van der Waals surface area (Å²) < 4.78 is 27.3. The van der Waals surface area contributed by atoms with Gasteiger partial charge in [-0.3, -0.25) is 14.5 Å². The van der Waals surface area contributed by atoms with Crippen LogP contribution in [0.25, 0.3) is 22.0 Å². The van der Waals surface area contributed by atoms with Crippen LogP contribution in [0.2, 0.25) is 0 Å². The maximum Gasteiger partial charge on any atom is 0.237 e. The fraction of sp³-hybridized carbons (Fsp3) is 0.444. The molecule has 0 radical (unpaired) electrons. The van der Waals surface area contributed by atoms with Gasteiger partial charge in [-0.2, -0.15) is 0 Å². The summed E-state index contributed by atoms with van der Waals surface area (Å²) in [4.78, 5) is 26.6. The zero-order valence-corrected chi connectivity index (χ0v) is 21.8. The van der Waals surface area contributed by atoms with Crippen molar-refractivity contribution < 1.29 is 13.2 Å². The molecule has 1 aromatic carbocycles. The largest absolute Gasteiger partial charge is 0.354 e. The molecule has 9 nitrogen and oxygen atoms in total. The van der Waals surface area contributed by atoms with E-state index >= 15 is 0 Å². The molecule has 10 heteroatoms. The lowest BCUT2D eigenvalue weighted by Crippen LogP contribution is -2.43. The first-order chi connectivity index (χ1) is 17.7. The smallest absolute Gasteiger partial charge is 0.237 e. The summed E-state index contributed by atoms with van der Waals surface area (Å²) in [6.45, 7) is 3.70. The van der Waals surface area contributed by atoms with Crippen LogP contribution >= 0.6 is 0 Å². The van der Waals surface area contributed by atoms with Crippen molar-refractivity contribution in [3.8, 4) is 11.1 Å². The van der Waals surface area contributed by atoms with Crippen LogP contribution < -0.4 is 19.8 Å². The van der Waals surface area contributed by atoms with Crippen molar-refractivity contribution in [3.05, 3.63) is 42.2 Å². The molecule has 3 fully saturated rings. The number of amides is 1. The lowest BCUT2D eigenvalue weighted by Gasteiger charge is -2.37. The molecule has 0 bridgehead atoms. The van der Waals surface area contributed by atoms with Gasteiger partial charge in [0.05, 0.1) is 34.8 Å². The second kappa shape index (κ2) is 7.88. The Morgan fingerprint density at radius 1 is 1.05 bits per heavy atom. The highest BCUT2D eigenvalue weighted by Crippen LogP contribution is 2.55. The van der Waals surface area contributed by atoms with Gasteiger partial charge in [0.25, 0.3) is 0 Å². The van der Waals surface area contributed by atoms with E-state index < -0.39 is 15.4 Å². The van der Waals surface area contributed by atoms with Crippen LogP contribution in [0.5, 0.6) is 0 Å². The maximum atomic E-state index is 13.2. The van der Waals surface area contributed by atoms with Crippen molar-refractivity contribution in [1.29, 1.82) is 0 Å². The van der Waals surface area contributed by atoms with Crippen LogP contribution in [0.4, 0.5) is 17.2 Å². The molecular formula is C27H30N6O3S. The predicted molar refractivity (Wildman–Crippen MR) is 144 cm³/mol. The number of anilines is 3. The van der Waals surface area contributed by atoms with Gasteiger partial charge >= 0.3 is 0 Å². The molecule has 1 amide bonds. The van der Waals surface area contributed by atoms with Crippen LogP contribution in [-0.2, 0) is 20.2 Å². The third kappa shape index (κ3) is 3.45. The molecule has 3 aromatic rings. The zero-order valence-electron chi connectivity index (χ0n) is 21.0. The fourth-order valence-electron chi connectivity index (χ4n) is 6.82. The number of aromatic nitrogens is 2. The van der Waals surface area contributed by atoms with Gasteiger partial charge in [0.1, 0.15) is 0 Å². The second-order valence-corrected chi connectivity index (χ2v) is 12.9. The van der Waals surface area contributed by atoms with E-state index in [0.29, 0.717) is 23.3 Å². The predicted octanol–water partition coefficient (Wildman–Crippen LogP) is 2.72. The Kier molecular flexibility index (Phi) is 4.88. The summed E-state index contributed by atoms with van der Waals surface area (Å²) in [6, 6.07) is 7.93. The number of likely N-dealkylation sites (N-methyl/N-ethyl adjacent to an activating group) is 1. The van der Waals surface area contributed by atoms with Gasteiger partial charge < -0.3 is 15.1 Å². The first kappa shape index (κ1) is 22.9.